The van der Waals surface area contributed by atoms with Crippen LogP contribution >= 0.6 is 0 Å². The number of rotatable bonds is 1. The van der Waals surface area contributed by atoms with Gasteiger partial charge < -0.3 is 9.84 Å². The van der Waals surface area contributed by atoms with E-state index < -0.39 is 11.7 Å². The fourth-order valence-electron chi connectivity index (χ4n) is 3.32. The van der Waals surface area contributed by atoms with Crippen molar-refractivity contribution in [3.8, 4) is 0 Å². The van der Waals surface area contributed by atoms with Gasteiger partial charge in [-0.1, -0.05) is 12.2 Å². The fourth-order valence-corrected chi connectivity index (χ4v) is 3.32. The molecule has 1 heterocycles. The normalized spacial score (nSPS) is 33.8. The number of Topliss-reactive ketones (excluding diaryl/α,β-unsaturated/α-hetero) is 1. The topological polar surface area (TPSA) is 80.7 Å². The van der Waals surface area contributed by atoms with Gasteiger partial charge in [0.1, 0.15) is 6.10 Å². The van der Waals surface area contributed by atoms with Gasteiger partial charge in [-0.3, -0.25) is 9.59 Å². The molecule has 0 aromatic heterocycles. The zero-order valence-electron chi connectivity index (χ0n) is 15.1. The van der Waals surface area contributed by atoms with E-state index in [1.165, 1.54) is 6.08 Å². The number of hydrogen-bond donors (Lipinski definition) is 1. The van der Waals surface area contributed by atoms with Crippen molar-refractivity contribution in [1.29, 1.82) is 0 Å². The molecule has 2 aliphatic rings. The van der Waals surface area contributed by atoms with Gasteiger partial charge in [0.15, 0.2) is 11.6 Å². The zero-order valence-corrected chi connectivity index (χ0v) is 15.1. The van der Waals surface area contributed by atoms with Crippen molar-refractivity contribution in [2.45, 2.75) is 64.6 Å². The molecule has 1 aliphatic heterocycles. The molecule has 0 aromatic carbocycles. The number of carbonyl (C=O) groups excluding carboxylic acids is 3. The SMILES string of the molecule is C=C(C)[C@@H]1CCC2=C[C@H](C[C@@](C)(O)CC(=O)/C=C(/C)C(=O)C1)OC2=O. The van der Waals surface area contributed by atoms with Crippen LogP contribution in [0.4, 0.5) is 0 Å². The van der Waals surface area contributed by atoms with Gasteiger partial charge in [0.05, 0.1) is 5.60 Å². The number of aliphatic hydroxyl groups is 1. The molecule has 0 radical (unpaired) electrons. The molecule has 5 heteroatoms. The van der Waals surface area contributed by atoms with Crippen molar-refractivity contribution >= 4 is 17.5 Å². The highest BCUT2D eigenvalue weighted by Crippen LogP contribution is 2.30. The maximum Gasteiger partial charge on any atom is 0.334 e. The molecule has 0 aromatic rings. The highest BCUT2D eigenvalue weighted by molar-refractivity contribution is 6.02. The van der Waals surface area contributed by atoms with E-state index in [0.717, 1.165) is 5.57 Å². The van der Waals surface area contributed by atoms with Crippen LogP contribution in [0, 0.1) is 5.92 Å². The van der Waals surface area contributed by atoms with Crippen LogP contribution in [0.15, 0.2) is 35.5 Å². The van der Waals surface area contributed by atoms with Crippen molar-refractivity contribution < 1.29 is 24.2 Å². The first-order valence-electron chi connectivity index (χ1n) is 8.61. The monoisotopic (exact) mass is 346 g/mol. The van der Waals surface area contributed by atoms with Crippen molar-refractivity contribution in [1.82, 2.24) is 0 Å². The van der Waals surface area contributed by atoms with E-state index in [1.807, 2.05) is 6.92 Å². The van der Waals surface area contributed by atoms with Gasteiger partial charge >= 0.3 is 5.97 Å². The molecule has 0 fully saturated rings. The molecule has 25 heavy (non-hydrogen) atoms. The summed E-state index contributed by atoms with van der Waals surface area (Å²) in [6.45, 7) is 8.98. The lowest BCUT2D eigenvalue weighted by atomic mass is 9.86. The van der Waals surface area contributed by atoms with Crippen molar-refractivity contribution in [2.75, 3.05) is 0 Å². The fraction of sp³-hybridized carbons (Fsp3) is 0.550. The molecular weight excluding hydrogens is 320 g/mol. The van der Waals surface area contributed by atoms with Gasteiger partial charge in [0.2, 0.25) is 0 Å². The van der Waals surface area contributed by atoms with Gasteiger partial charge in [-0.05, 0) is 57.3 Å². The molecule has 3 atom stereocenters. The van der Waals surface area contributed by atoms with Crippen LogP contribution in [0.5, 0.6) is 0 Å². The average molecular weight is 346 g/mol. The Balaban J connectivity index is 2.30. The first kappa shape index (κ1) is 19.3. The molecule has 0 spiro atoms. The summed E-state index contributed by atoms with van der Waals surface area (Å²) in [4.78, 5) is 36.6. The standard InChI is InChI=1S/C20H26O5/c1-12(2)14-5-6-15-8-17(25-19(15)23)11-20(4,24)10-16(21)7-13(3)18(22)9-14/h7-8,14,17,24H,1,5-6,9-11H2,2-4H3/b13-7-/t14-,17-,20+/m1/s1. The van der Waals surface area contributed by atoms with Crippen LogP contribution in [-0.4, -0.2) is 34.3 Å². The minimum absolute atomic E-state index is 0.0512. The summed E-state index contributed by atoms with van der Waals surface area (Å²) >= 11 is 0. The predicted octanol–water partition coefficient (Wildman–Crippen LogP) is 2.83. The molecule has 0 unspecified atom stereocenters. The minimum Gasteiger partial charge on any atom is -0.455 e. The third-order valence-corrected chi connectivity index (χ3v) is 4.81. The lowest BCUT2D eigenvalue weighted by molar-refractivity contribution is -0.141. The number of fused-ring (bicyclic) bond motifs is 1. The number of carbonyl (C=O) groups is 3. The minimum atomic E-state index is -1.31. The highest BCUT2D eigenvalue weighted by atomic mass is 16.5. The summed E-state index contributed by atoms with van der Waals surface area (Å²) in [5, 5.41) is 10.5. The van der Waals surface area contributed by atoms with Crippen LogP contribution in [0.1, 0.15) is 52.9 Å². The Hall–Kier alpha value is -2.01. The molecule has 1 aliphatic carbocycles. The van der Waals surface area contributed by atoms with E-state index in [0.29, 0.717) is 24.0 Å². The quantitative estimate of drug-likeness (QED) is 0.583. The molecule has 0 saturated carbocycles. The van der Waals surface area contributed by atoms with Crippen LogP contribution in [0.3, 0.4) is 0 Å². The maximum absolute atomic E-state index is 12.4. The smallest absolute Gasteiger partial charge is 0.334 e. The molecule has 2 rings (SSSR count). The molecule has 136 valence electrons. The van der Waals surface area contributed by atoms with E-state index in [2.05, 4.69) is 6.58 Å². The van der Waals surface area contributed by atoms with E-state index in [9.17, 15) is 19.5 Å². The lowest BCUT2D eigenvalue weighted by Crippen LogP contribution is -2.32. The second-order valence-electron chi connectivity index (χ2n) is 7.52. The Labute approximate surface area is 148 Å². The van der Waals surface area contributed by atoms with E-state index in [1.54, 1.807) is 19.9 Å². The molecule has 2 bridgehead atoms. The number of allylic oxidation sites excluding steroid dienone is 3. The van der Waals surface area contributed by atoms with Gasteiger partial charge in [0, 0.05) is 24.8 Å². The molecule has 0 amide bonds. The second kappa shape index (κ2) is 7.48. The predicted molar refractivity (Wildman–Crippen MR) is 93.7 cm³/mol. The largest absolute Gasteiger partial charge is 0.455 e. The summed E-state index contributed by atoms with van der Waals surface area (Å²) in [6.07, 6.45) is 3.91. The van der Waals surface area contributed by atoms with Crippen LogP contribution in [-0.2, 0) is 19.1 Å². The van der Waals surface area contributed by atoms with E-state index >= 15 is 0 Å². The number of ether oxygens (including phenoxy) is 1. The Bertz CT molecular complexity index is 666. The Kier molecular flexibility index (Phi) is 5.78. The Morgan fingerprint density at radius 3 is 2.68 bits per heavy atom. The number of esters is 1. The molecule has 1 N–H and O–H groups in total. The molecular formula is C20H26O5. The van der Waals surface area contributed by atoms with Crippen molar-refractivity contribution in [3.63, 3.8) is 0 Å². The summed E-state index contributed by atoms with van der Waals surface area (Å²) in [6, 6.07) is 0. The maximum atomic E-state index is 12.4. The number of hydrogen-bond acceptors (Lipinski definition) is 5. The number of ketones is 2. The van der Waals surface area contributed by atoms with Gasteiger partial charge in [-0.25, -0.2) is 4.79 Å². The lowest BCUT2D eigenvalue weighted by Gasteiger charge is -2.24. The van der Waals surface area contributed by atoms with E-state index in [-0.39, 0.29) is 42.7 Å². The average Bonchev–Trinajstić information content (AvgIpc) is 2.79. The van der Waals surface area contributed by atoms with Gasteiger partial charge in [-0.2, -0.15) is 0 Å². The summed E-state index contributed by atoms with van der Waals surface area (Å²) in [7, 11) is 0. The third kappa shape index (κ3) is 5.23. The Morgan fingerprint density at radius 2 is 2.04 bits per heavy atom. The van der Waals surface area contributed by atoms with Crippen LogP contribution in [0.25, 0.3) is 0 Å². The first-order chi connectivity index (χ1) is 11.6. The zero-order chi connectivity index (χ0) is 18.8. The summed E-state index contributed by atoms with van der Waals surface area (Å²) in [5.74, 6) is -0.861. The van der Waals surface area contributed by atoms with Crippen molar-refractivity contribution in [3.05, 3.63) is 35.5 Å². The van der Waals surface area contributed by atoms with Gasteiger partial charge in [-0.15, -0.1) is 0 Å². The molecule has 5 nitrogen and oxygen atoms in total. The molecule has 0 saturated heterocycles. The summed E-state index contributed by atoms with van der Waals surface area (Å²) in [5.41, 5.74) is 0.526. The second-order valence-corrected chi connectivity index (χ2v) is 7.52. The third-order valence-electron chi connectivity index (χ3n) is 4.81. The van der Waals surface area contributed by atoms with Gasteiger partial charge in [0.25, 0.3) is 0 Å². The van der Waals surface area contributed by atoms with E-state index in [4.69, 9.17) is 4.74 Å². The first-order valence-corrected chi connectivity index (χ1v) is 8.61. The van der Waals surface area contributed by atoms with Crippen molar-refractivity contribution in [2.24, 2.45) is 5.92 Å². The summed E-state index contributed by atoms with van der Waals surface area (Å²) < 4.78 is 5.30. The van der Waals surface area contributed by atoms with Crippen LogP contribution in [0.2, 0.25) is 0 Å². The Morgan fingerprint density at radius 1 is 1.36 bits per heavy atom. The van der Waals surface area contributed by atoms with Crippen LogP contribution < -0.4 is 0 Å². The highest BCUT2D eigenvalue weighted by Gasteiger charge is 2.34.